The molecule has 0 saturated heterocycles. The third-order valence-electron chi connectivity index (χ3n) is 4.97. The number of hydrogen-bond donors (Lipinski definition) is 1. The Morgan fingerprint density at radius 3 is 2.44 bits per heavy atom. The first-order valence-corrected chi connectivity index (χ1v) is 12.4. The Morgan fingerprint density at radius 1 is 1.03 bits per heavy atom. The van der Waals surface area contributed by atoms with Gasteiger partial charge in [-0.15, -0.1) is 0 Å². The molecule has 1 N–H and O–H groups in total. The number of phenolic OH excluding ortho intramolecular Hbond substituents is 1. The highest BCUT2D eigenvalue weighted by Gasteiger charge is 2.32. The smallest absolute Gasteiger partial charge is 0.269 e. The molecule has 188 valence electrons. The molecule has 4 rings (SSSR count). The van der Waals surface area contributed by atoms with Crippen LogP contribution in [0.5, 0.6) is 23.0 Å². The van der Waals surface area contributed by atoms with E-state index in [0.717, 1.165) is 12.4 Å². The molecule has 0 aliphatic heterocycles. The third-order valence-corrected chi connectivity index (χ3v) is 7.52. The minimum absolute atomic E-state index is 0.0909. The molecular weight excluding hydrogens is 519 g/mol. The molecule has 0 spiro atoms. The number of aromatic hydroxyl groups is 1. The predicted octanol–water partition coefficient (Wildman–Crippen LogP) is 5.17. The van der Waals surface area contributed by atoms with Crippen LogP contribution in [0.4, 0.5) is 18.3 Å². The van der Waals surface area contributed by atoms with E-state index in [2.05, 4.69) is 9.36 Å². The Balaban J connectivity index is 1.72. The van der Waals surface area contributed by atoms with Crippen molar-refractivity contribution in [3.63, 3.8) is 0 Å². The van der Waals surface area contributed by atoms with Crippen molar-refractivity contribution in [1.29, 1.82) is 0 Å². The van der Waals surface area contributed by atoms with E-state index in [1.807, 2.05) is 0 Å². The molecule has 1 heterocycles. The summed E-state index contributed by atoms with van der Waals surface area (Å²) in [7, 11) is -3.35. The average Bonchev–Trinajstić information content (AvgIpc) is 3.33. The molecule has 0 amide bonds. The number of anilines is 1. The SMILES string of the molecule is COc1ccc(CN(c2ncns2)S(=O)(=O)c2cc(F)c(Oc3cc(C)cc(F)c3)cc2F)c(O)c1. The van der Waals surface area contributed by atoms with E-state index >= 15 is 4.39 Å². The van der Waals surface area contributed by atoms with Gasteiger partial charge in [0.1, 0.15) is 40.1 Å². The van der Waals surface area contributed by atoms with Crippen molar-refractivity contribution in [2.24, 2.45) is 0 Å². The zero-order valence-corrected chi connectivity index (χ0v) is 20.4. The fourth-order valence-corrected chi connectivity index (χ4v) is 5.48. The van der Waals surface area contributed by atoms with Gasteiger partial charge in [-0.1, -0.05) is 0 Å². The first-order valence-electron chi connectivity index (χ1n) is 10.2. The molecule has 0 fully saturated rings. The van der Waals surface area contributed by atoms with Gasteiger partial charge < -0.3 is 14.6 Å². The van der Waals surface area contributed by atoms with Crippen molar-refractivity contribution in [3.05, 3.63) is 83.4 Å². The topological polar surface area (TPSA) is 102 Å². The number of hydrogen-bond acceptors (Lipinski definition) is 8. The molecule has 0 unspecified atom stereocenters. The zero-order chi connectivity index (χ0) is 26.0. The van der Waals surface area contributed by atoms with Gasteiger partial charge >= 0.3 is 0 Å². The Labute approximate surface area is 208 Å². The van der Waals surface area contributed by atoms with Crippen LogP contribution in [-0.4, -0.2) is 30.0 Å². The van der Waals surface area contributed by atoms with Crippen molar-refractivity contribution in [2.45, 2.75) is 18.4 Å². The van der Waals surface area contributed by atoms with Gasteiger partial charge in [-0.25, -0.2) is 30.9 Å². The van der Waals surface area contributed by atoms with Crippen LogP contribution in [-0.2, 0) is 16.6 Å². The summed E-state index contributed by atoms with van der Waals surface area (Å²) in [5.41, 5.74) is 0.636. The highest BCUT2D eigenvalue weighted by atomic mass is 32.2. The molecule has 0 aliphatic carbocycles. The molecule has 0 atom stereocenters. The van der Waals surface area contributed by atoms with Crippen LogP contribution in [0.3, 0.4) is 0 Å². The summed E-state index contributed by atoms with van der Waals surface area (Å²) in [6.45, 7) is 1.13. The summed E-state index contributed by atoms with van der Waals surface area (Å²) in [5.74, 6) is -3.81. The zero-order valence-electron chi connectivity index (χ0n) is 18.8. The normalized spacial score (nSPS) is 11.4. The van der Waals surface area contributed by atoms with Gasteiger partial charge in [0.25, 0.3) is 10.0 Å². The second-order valence-corrected chi connectivity index (χ2v) is 10.1. The lowest BCUT2D eigenvalue weighted by Gasteiger charge is -2.22. The van der Waals surface area contributed by atoms with Gasteiger partial charge in [0, 0.05) is 41.4 Å². The van der Waals surface area contributed by atoms with E-state index in [0.29, 0.717) is 39.3 Å². The van der Waals surface area contributed by atoms with Crippen LogP contribution in [0, 0.1) is 24.4 Å². The molecule has 13 heteroatoms. The van der Waals surface area contributed by atoms with Crippen molar-refractivity contribution in [3.8, 4) is 23.0 Å². The van der Waals surface area contributed by atoms with Crippen LogP contribution in [0.15, 0.2) is 59.8 Å². The van der Waals surface area contributed by atoms with Crippen molar-refractivity contribution in [1.82, 2.24) is 9.36 Å². The van der Waals surface area contributed by atoms with E-state index in [4.69, 9.17) is 9.47 Å². The number of aromatic nitrogens is 2. The van der Waals surface area contributed by atoms with Crippen LogP contribution in [0.25, 0.3) is 0 Å². The lowest BCUT2D eigenvalue weighted by Crippen LogP contribution is -2.31. The van der Waals surface area contributed by atoms with Gasteiger partial charge in [0.2, 0.25) is 5.13 Å². The molecule has 3 aromatic carbocycles. The largest absolute Gasteiger partial charge is 0.507 e. The first-order chi connectivity index (χ1) is 17.1. The van der Waals surface area contributed by atoms with Gasteiger partial charge in [0.05, 0.1) is 13.7 Å². The molecule has 4 aromatic rings. The molecule has 0 bridgehead atoms. The summed E-state index contributed by atoms with van der Waals surface area (Å²) in [6.07, 6.45) is 1.10. The quantitative estimate of drug-likeness (QED) is 0.331. The van der Waals surface area contributed by atoms with Crippen molar-refractivity contribution < 1.29 is 36.2 Å². The first kappa shape index (κ1) is 25.3. The fraction of sp³-hybridized carbons (Fsp3) is 0.130. The number of sulfonamides is 1. The Bertz CT molecular complexity index is 1500. The number of ether oxygens (including phenoxy) is 2. The van der Waals surface area contributed by atoms with Gasteiger partial charge in [0.15, 0.2) is 11.6 Å². The minimum Gasteiger partial charge on any atom is -0.507 e. The maximum absolute atomic E-state index is 15.1. The number of aryl methyl sites for hydroxylation is 1. The second-order valence-electron chi connectivity index (χ2n) is 7.51. The summed E-state index contributed by atoms with van der Waals surface area (Å²) in [4.78, 5) is 2.89. The molecule has 1 aromatic heterocycles. The van der Waals surface area contributed by atoms with Crippen LogP contribution < -0.4 is 13.8 Å². The molecular formula is C23H18F3N3O5S2. The van der Waals surface area contributed by atoms with Crippen molar-refractivity contribution >= 4 is 26.7 Å². The van der Waals surface area contributed by atoms with E-state index in [-0.39, 0.29) is 22.2 Å². The van der Waals surface area contributed by atoms with Gasteiger partial charge in [-0.2, -0.15) is 4.37 Å². The van der Waals surface area contributed by atoms with E-state index in [9.17, 15) is 22.3 Å². The molecule has 8 nitrogen and oxygen atoms in total. The third kappa shape index (κ3) is 5.21. The summed E-state index contributed by atoms with van der Waals surface area (Å²) in [5, 5.41) is 10.2. The van der Waals surface area contributed by atoms with Gasteiger partial charge in [-0.05, 0) is 36.8 Å². The minimum atomic E-state index is -4.74. The average molecular weight is 538 g/mol. The Morgan fingerprint density at radius 2 is 1.81 bits per heavy atom. The molecule has 0 radical (unpaired) electrons. The lowest BCUT2D eigenvalue weighted by atomic mass is 10.2. The maximum atomic E-state index is 15.1. The highest BCUT2D eigenvalue weighted by molar-refractivity contribution is 7.93. The van der Waals surface area contributed by atoms with Crippen LogP contribution in [0.1, 0.15) is 11.1 Å². The second kappa shape index (κ2) is 10.0. The van der Waals surface area contributed by atoms with Crippen LogP contribution in [0.2, 0.25) is 0 Å². The highest BCUT2D eigenvalue weighted by Crippen LogP contribution is 2.34. The molecule has 0 saturated carbocycles. The number of rotatable bonds is 8. The molecule has 0 aliphatic rings. The van der Waals surface area contributed by atoms with Gasteiger partial charge in [-0.3, -0.25) is 0 Å². The number of nitrogens with zero attached hydrogens (tertiary/aromatic N) is 3. The number of benzene rings is 3. The predicted molar refractivity (Wildman–Crippen MR) is 126 cm³/mol. The summed E-state index contributed by atoms with van der Waals surface area (Å²) < 4.78 is 85.3. The monoisotopic (exact) mass is 537 g/mol. The Hall–Kier alpha value is -3.84. The fourth-order valence-electron chi connectivity index (χ4n) is 3.29. The number of phenols is 1. The number of methoxy groups -OCH3 is 1. The number of halogens is 3. The Kier molecular flexibility index (Phi) is 7.04. The van der Waals surface area contributed by atoms with E-state index in [1.54, 1.807) is 6.92 Å². The van der Waals surface area contributed by atoms with Crippen molar-refractivity contribution in [2.75, 3.05) is 11.4 Å². The lowest BCUT2D eigenvalue weighted by molar-refractivity contribution is 0.406. The van der Waals surface area contributed by atoms with E-state index in [1.165, 1.54) is 37.4 Å². The summed E-state index contributed by atoms with van der Waals surface area (Å²) >= 11 is 0.706. The van der Waals surface area contributed by atoms with Crippen LogP contribution >= 0.6 is 11.5 Å². The maximum Gasteiger partial charge on any atom is 0.269 e. The summed E-state index contributed by atoms with van der Waals surface area (Å²) in [6, 6.07) is 8.84. The van der Waals surface area contributed by atoms with E-state index < -0.39 is 44.7 Å². The molecule has 36 heavy (non-hydrogen) atoms. The standard InChI is InChI=1S/C23H18F3N3O5S2/c1-13-5-15(24)7-17(6-13)34-21-9-19(26)22(10-18(21)25)36(31,32)29(23-27-12-28-35-23)11-14-3-4-16(33-2)8-20(14)30/h3-10,12,30H,11H2,1-2H3.